The van der Waals surface area contributed by atoms with Crippen molar-refractivity contribution < 1.29 is 0 Å². The molecule has 0 amide bonds. The molecular formula is C12H23BrN2. The summed E-state index contributed by atoms with van der Waals surface area (Å²) in [4.78, 5) is 5.93. The maximum absolute atomic E-state index is 3.70. The number of rotatable bonds is 3. The van der Waals surface area contributed by atoms with Crippen molar-refractivity contribution in [3.05, 3.63) is 0 Å². The van der Waals surface area contributed by atoms with E-state index in [2.05, 4.69) is 32.8 Å². The monoisotopic (exact) mass is 274 g/mol. The molecule has 0 aromatic heterocycles. The summed E-state index contributed by atoms with van der Waals surface area (Å²) in [7, 11) is 2.29. The number of piperidine rings is 1. The van der Waals surface area contributed by atoms with Crippen LogP contribution in [0.25, 0.3) is 0 Å². The first-order chi connectivity index (χ1) is 7.25. The van der Waals surface area contributed by atoms with Crippen molar-refractivity contribution in [1.82, 2.24) is 9.80 Å². The molecular weight excluding hydrogens is 252 g/mol. The lowest BCUT2D eigenvalue weighted by atomic mass is 10.00. The van der Waals surface area contributed by atoms with Gasteiger partial charge in [-0.25, -0.2) is 0 Å². The van der Waals surface area contributed by atoms with E-state index >= 15 is 0 Å². The topological polar surface area (TPSA) is 6.48 Å². The Kier molecular flexibility index (Phi) is 4.47. The summed E-state index contributed by atoms with van der Waals surface area (Å²) in [5, 5.41) is 0. The van der Waals surface area contributed by atoms with Crippen LogP contribution in [0.1, 0.15) is 32.1 Å². The third-order valence-electron chi connectivity index (χ3n) is 3.91. The number of likely N-dealkylation sites (tertiary alicyclic amines) is 2. The SMILES string of the molecule is CN1CCCCC1CCN1CCC(Br)C1. The van der Waals surface area contributed by atoms with Gasteiger partial charge in [-0.05, 0) is 52.4 Å². The Morgan fingerprint density at radius 1 is 1.20 bits per heavy atom. The second kappa shape index (κ2) is 5.65. The van der Waals surface area contributed by atoms with Gasteiger partial charge < -0.3 is 9.80 Å². The molecule has 88 valence electrons. The predicted octanol–water partition coefficient (Wildman–Crippen LogP) is 2.33. The molecule has 0 radical (unpaired) electrons. The molecule has 2 unspecified atom stereocenters. The zero-order valence-corrected chi connectivity index (χ0v) is 11.4. The Bertz CT molecular complexity index is 198. The van der Waals surface area contributed by atoms with E-state index in [9.17, 15) is 0 Å². The summed E-state index contributed by atoms with van der Waals surface area (Å²) in [5.41, 5.74) is 0. The van der Waals surface area contributed by atoms with Gasteiger partial charge in [-0.3, -0.25) is 0 Å². The molecule has 0 N–H and O–H groups in total. The van der Waals surface area contributed by atoms with Crippen molar-refractivity contribution in [3.63, 3.8) is 0 Å². The highest BCUT2D eigenvalue weighted by Gasteiger charge is 2.23. The van der Waals surface area contributed by atoms with Crippen LogP contribution in [0.4, 0.5) is 0 Å². The lowest BCUT2D eigenvalue weighted by molar-refractivity contribution is 0.160. The van der Waals surface area contributed by atoms with Gasteiger partial charge in [0.2, 0.25) is 0 Å². The smallest absolute Gasteiger partial charge is 0.0285 e. The molecule has 0 spiro atoms. The minimum atomic E-state index is 0.751. The Balaban J connectivity index is 1.68. The Hall–Kier alpha value is 0.400. The zero-order chi connectivity index (χ0) is 10.7. The van der Waals surface area contributed by atoms with E-state index in [1.807, 2.05) is 0 Å². The van der Waals surface area contributed by atoms with Crippen LogP contribution in [0.3, 0.4) is 0 Å². The van der Waals surface area contributed by atoms with Crippen LogP contribution < -0.4 is 0 Å². The molecule has 2 heterocycles. The molecule has 2 rings (SSSR count). The molecule has 2 saturated heterocycles. The number of halogens is 1. The van der Waals surface area contributed by atoms with E-state index in [-0.39, 0.29) is 0 Å². The van der Waals surface area contributed by atoms with Gasteiger partial charge in [0, 0.05) is 17.4 Å². The van der Waals surface area contributed by atoms with Gasteiger partial charge in [0.05, 0.1) is 0 Å². The average Bonchev–Trinajstić information content (AvgIpc) is 2.63. The summed E-state index contributed by atoms with van der Waals surface area (Å²) in [5.74, 6) is 0. The van der Waals surface area contributed by atoms with Gasteiger partial charge in [0.25, 0.3) is 0 Å². The standard InChI is InChI=1S/C12H23BrN2/c1-14-7-3-2-4-12(14)6-9-15-8-5-11(13)10-15/h11-12H,2-10H2,1H3. The van der Waals surface area contributed by atoms with Crippen molar-refractivity contribution in [2.45, 2.75) is 43.0 Å². The fourth-order valence-electron chi connectivity index (χ4n) is 2.83. The lowest BCUT2D eigenvalue weighted by Crippen LogP contribution is -2.38. The average molecular weight is 275 g/mol. The number of hydrogen-bond donors (Lipinski definition) is 0. The maximum atomic E-state index is 3.70. The molecule has 3 heteroatoms. The van der Waals surface area contributed by atoms with Gasteiger partial charge in [-0.15, -0.1) is 0 Å². The maximum Gasteiger partial charge on any atom is 0.0285 e. The first-order valence-electron chi connectivity index (χ1n) is 6.32. The molecule has 0 aromatic rings. The highest BCUT2D eigenvalue weighted by atomic mass is 79.9. The van der Waals surface area contributed by atoms with Crippen molar-refractivity contribution in [3.8, 4) is 0 Å². The van der Waals surface area contributed by atoms with E-state index in [0.717, 1.165) is 10.9 Å². The number of hydrogen-bond acceptors (Lipinski definition) is 2. The van der Waals surface area contributed by atoms with Gasteiger partial charge in [-0.1, -0.05) is 22.4 Å². The lowest BCUT2D eigenvalue weighted by Gasteiger charge is -2.33. The Morgan fingerprint density at radius 2 is 2.07 bits per heavy atom. The minimum absolute atomic E-state index is 0.751. The summed E-state index contributed by atoms with van der Waals surface area (Å²) in [6, 6.07) is 0.855. The fourth-order valence-corrected chi connectivity index (χ4v) is 3.44. The molecule has 0 aromatic carbocycles. The molecule has 2 atom stereocenters. The van der Waals surface area contributed by atoms with E-state index in [0.29, 0.717) is 0 Å². The second-order valence-corrected chi connectivity index (χ2v) is 6.40. The number of nitrogens with zero attached hydrogens (tertiary/aromatic N) is 2. The van der Waals surface area contributed by atoms with E-state index in [1.165, 1.54) is 58.3 Å². The number of alkyl halides is 1. The van der Waals surface area contributed by atoms with Gasteiger partial charge >= 0.3 is 0 Å². The summed E-state index contributed by atoms with van der Waals surface area (Å²) >= 11 is 3.70. The normalized spacial score (nSPS) is 34.8. The van der Waals surface area contributed by atoms with E-state index < -0.39 is 0 Å². The van der Waals surface area contributed by atoms with E-state index in [1.54, 1.807) is 0 Å². The second-order valence-electron chi connectivity index (χ2n) is 5.11. The Morgan fingerprint density at radius 3 is 2.73 bits per heavy atom. The molecule has 15 heavy (non-hydrogen) atoms. The van der Waals surface area contributed by atoms with Crippen LogP contribution in [0, 0.1) is 0 Å². The van der Waals surface area contributed by atoms with Gasteiger partial charge in [-0.2, -0.15) is 0 Å². The first kappa shape index (κ1) is 11.9. The van der Waals surface area contributed by atoms with Crippen molar-refractivity contribution in [2.75, 3.05) is 33.2 Å². The van der Waals surface area contributed by atoms with Crippen molar-refractivity contribution in [2.24, 2.45) is 0 Å². The van der Waals surface area contributed by atoms with Crippen LogP contribution in [0.5, 0.6) is 0 Å². The first-order valence-corrected chi connectivity index (χ1v) is 7.24. The predicted molar refractivity (Wildman–Crippen MR) is 68.7 cm³/mol. The summed E-state index contributed by atoms with van der Waals surface area (Å²) in [6.07, 6.45) is 6.97. The van der Waals surface area contributed by atoms with Crippen molar-refractivity contribution >= 4 is 15.9 Å². The third kappa shape index (κ3) is 3.43. The molecule has 2 fully saturated rings. The van der Waals surface area contributed by atoms with Crippen molar-refractivity contribution in [1.29, 1.82) is 0 Å². The molecule has 0 aliphatic carbocycles. The zero-order valence-electron chi connectivity index (χ0n) is 9.79. The largest absolute Gasteiger partial charge is 0.303 e. The van der Waals surface area contributed by atoms with Crippen LogP contribution in [-0.2, 0) is 0 Å². The van der Waals surface area contributed by atoms with Crippen LogP contribution >= 0.6 is 15.9 Å². The summed E-state index contributed by atoms with van der Waals surface area (Å²) in [6.45, 7) is 5.17. The minimum Gasteiger partial charge on any atom is -0.303 e. The Labute approximate surface area is 102 Å². The molecule has 0 bridgehead atoms. The fraction of sp³-hybridized carbons (Fsp3) is 1.00. The quantitative estimate of drug-likeness (QED) is 0.729. The highest BCUT2D eigenvalue weighted by molar-refractivity contribution is 9.09. The van der Waals surface area contributed by atoms with Crippen LogP contribution in [0.2, 0.25) is 0 Å². The molecule has 2 aliphatic heterocycles. The van der Waals surface area contributed by atoms with Gasteiger partial charge in [0.15, 0.2) is 0 Å². The molecule has 0 saturated carbocycles. The van der Waals surface area contributed by atoms with Crippen LogP contribution in [0.15, 0.2) is 0 Å². The third-order valence-corrected chi connectivity index (χ3v) is 4.66. The van der Waals surface area contributed by atoms with E-state index in [4.69, 9.17) is 0 Å². The van der Waals surface area contributed by atoms with Gasteiger partial charge in [0.1, 0.15) is 0 Å². The summed E-state index contributed by atoms with van der Waals surface area (Å²) < 4.78 is 0. The highest BCUT2D eigenvalue weighted by Crippen LogP contribution is 2.21. The van der Waals surface area contributed by atoms with Crippen LogP contribution in [-0.4, -0.2) is 53.9 Å². The molecule has 2 aliphatic rings. The molecule has 2 nitrogen and oxygen atoms in total.